The summed E-state index contributed by atoms with van der Waals surface area (Å²) in [6.45, 7) is 9.34. The van der Waals surface area contributed by atoms with Gasteiger partial charge >= 0.3 is 0 Å². The topological polar surface area (TPSA) is 3.24 Å². The van der Waals surface area contributed by atoms with Gasteiger partial charge in [0.05, 0.1) is 0 Å². The molecule has 0 amide bonds. The zero-order valence-corrected chi connectivity index (χ0v) is 12.1. The molecule has 88 valence electrons. The Balaban J connectivity index is 2.45. The predicted octanol–water partition coefficient (Wildman–Crippen LogP) is 4.61. The van der Waals surface area contributed by atoms with E-state index in [4.69, 9.17) is 0 Å². The van der Waals surface area contributed by atoms with E-state index >= 15 is 0 Å². The molecule has 1 aliphatic heterocycles. The average molecular weight is 282 g/mol. The highest BCUT2D eigenvalue weighted by Crippen LogP contribution is 2.44. The molecule has 0 unspecified atom stereocenters. The molecule has 0 bridgehead atoms. The van der Waals surface area contributed by atoms with E-state index < -0.39 is 0 Å². The lowest BCUT2D eigenvalue weighted by Gasteiger charge is -2.42. The molecule has 0 spiro atoms. The minimum atomic E-state index is 0.254. The summed E-state index contributed by atoms with van der Waals surface area (Å²) in [4.78, 5) is 2.56. The Bertz CT molecular complexity index is 379. The van der Waals surface area contributed by atoms with Crippen molar-refractivity contribution in [2.45, 2.75) is 51.6 Å². The molecule has 0 aliphatic carbocycles. The van der Waals surface area contributed by atoms with Crippen LogP contribution in [0.25, 0.3) is 0 Å². The number of anilines is 1. The van der Waals surface area contributed by atoms with E-state index in [9.17, 15) is 0 Å². The largest absolute Gasteiger partial charge is 0.361 e. The fraction of sp³-hybridized carbons (Fsp3) is 0.571. The molecule has 0 radical (unpaired) electrons. The van der Waals surface area contributed by atoms with Crippen LogP contribution in [0.2, 0.25) is 0 Å². The van der Waals surface area contributed by atoms with Gasteiger partial charge in [-0.25, -0.2) is 0 Å². The van der Waals surface area contributed by atoms with Crippen LogP contribution in [0.15, 0.2) is 28.7 Å². The number of rotatable bonds is 1. The van der Waals surface area contributed by atoms with Crippen LogP contribution in [0.5, 0.6) is 0 Å². The summed E-state index contributed by atoms with van der Waals surface area (Å²) in [5.41, 5.74) is 1.83. The Morgan fingerprint density at radius 1 is 1.06 bits per heavy atom. The first-order chi connectivity index (χ1) is 7.33. The lowest BCUT2D eigenvalue weighted by molar-refractivity contribution is 0.453. The van der Waals surface area contributed by atoms with Gasteiger partial charge in [-0.1, -0.05) is 22.0 Å². The SMILES string of the molecule is CC1(C)CCC(C)(C)N1c1cccc(Br)c1. The van der Waals surface area contributed by atoms with Crippen molar-refractivity contribution in [2.75, 3.05) is 4.90 Å². The van der Waals surface area contributed by atoms with Gasteiger partial charge in [0.1, 0.15) is 0 Å². The Labute approximate surface area is 107 Å². The van der Waals surface area contributed by atoms with E-state index in [1.807, 2.05) is 0 Å². The molecule has 1 nitrogen and oxygen atoms in total. The predicted molar refractivity (Wildman–Crippen MR) is 74.0 cm³/mol. The molecular weight excluding hydrogens is 262 g/mol. The van der Waals surface area contributed by atoms with E-state index in [-0.39, 0.29) is 11.1 Å². The third-order valence-corrected chi connectivity index (χ3v) is 4.12. The molecule has 0 atom stereocenters. The molecule has 2 heteroatoms. The maximum absolute atomic E-state index is 3.56. The Kier molecular flexibility index (Phi) is 2.82. The third-order valence-electron chi connectivity index (χ3n) is 3.63. The molecule has 1 aliphatic rings. The van der Waals surface area contributed by atoms with Gasteiger partial charge in [-0.2, -0.15) is 0 Å². The van der Waals surface area contributed by atoms with Gasteiger partial charge in [-0.05, 0) is 58.7 Å². The van der Waals surface area contributed by atoms with E-state index in [0.29, 0.717) is 0 Å². The van der Waals surface area contributed by atoms with Crippen LogP contribution >= 0.6 is 15.9 Å². The molecule has 0 N–H and O–H groups in total. The molecule has 1 saturated heterocycles. The second-order valence-electron chi connectivity index (χ2n) is 5.94. The van der Waals surface area contributed by atoms with Crippen molar-refractivity contribution < 1.29 is 0 Å². The Morgan fingerprint density at radius 2 is 1.62 bits per heavy atom. The summed E-state index contributed by atoms with van der Waals surface area (Å²) in [6.07, 6.45) is 2.51. The summed E-state index contributed by atoms with van der Waals surface area (Å²) < 4.78 is 1.16. The minimum absolute atomic E-state index is 0.254. The molecule has 1 heterocycles. The Hall–Kier alpha value is -0.500. The summed E-state index contributed by atoms with van der Waals surface area (Å²) in [5.74, 6) is 0. The highest BCUT2D eigenvalue weighted by atomic mass is 79.9. The van der Waals surface area contributed by atoms with Gasteiger partial charge in [0.2, 0.25) is 0 Å². The molecule has 1 aromatic rings. The number of benzene rings is 1. The van der Waals surface area contributed by atoms with Crippen molar-refractivity contribution in [1.82, 2.24) is 0 Å². The minimum Gasteiger partial charge on any atom is -0.361 e. The number of halogens is 1. The van der Waals surface area contributed by atoms with Crippen LogP contribution in [-0.4, -0.2) is 11.1 Å². The Morgan fingerprint density at radius 3 is 2.12 bits per heavy atom. The highest BCUT2D eigenvalue weighted by Gasteiger charge is 2.44. The summed E-state index contributed by atoms with van der Waals surface area (Å²) >= 11 is 3.56. The second-order valence-corrected chi connectivity index (χ2v) is 6.86. The molecule has 1 fully saturated rings. The van der Waals surface area contributed by atoms with Crippen molar-refractivity contribution in [3.05, 3.63) is 28.7 Å². The normalized spacial score (nSPS) is 22.4. The van der Waals surface area contributed by atoms with Gasteiger partial charge in [0, 0.05) is 21.2 Å². The first-order valence-electron chi connectivity index (χ1n) is 5.89. The van der Waals surface area contributed by atoms with E-state index in [0.717, 1.165) is 4.47 Å². The van der Waals surface area contributed by atoms with Gasteiger partial charge < -0.3 is 4.90 Å². The molecule has 16 heavy (non-hydrogen) atoms. The quantitative estimate of drug-likeness (QED) is 0.727. The zero-order chi connectivity index (χ0) is 12.0. The monoisotopic (exact) mass is 281 g/mol. The number of hydrogen-bond acceptors (Lipinski definition) is 1. The van der Waals surface area contributed by atoms with Crippen molar-refractivity contribution >= 4 is 21.6 Å². The van der Waals surface area contributed by atoms with Crippen LogP contribution in [0.3, 0.4) is 0 Å². The molecule has 0 saturated carbocycles. The number of hydrogen-bond donors (Lipinski definition) is 0. The summed E-state index contributed by atoms with van der Waals surface area (Å²) in [5, 5.41) is 0. The van der Waals surface area contributed by atoms with Crippen LogP contribution < -0.4 is 4.90 Å². The zero-order valence-electron chi connectivity index (χ0n) is 10.5. The van der Waals surface area contributed by atoms with Crippen molar-refractivity contribution in [3.8, 4) is 0 Å². The summed E-state index contributed by atoms with van der Waals surface area (Å²) in [6, 6.07) is 8.62. The van der Waals surface area contributed by atoms with E-state index in [1.54, 1.807) is 0 Å². The average Bonchev–Trinajstić information content (AvgIpc) is 2.35. The first kappa shape index (κ1) is 12.0. The van der Waals surface area contributed by atoms with Crippen molar-refractivity contribution in [2.24, 2.45) is 0 Å². The number of nitrogens with zero attached hydrogens (tertiary/aromatic N) is 1. The molecule has 0 aromatic heterocycles. The molecule has 2 rings (SSSR count). The fourth-order valence-corrected chi connectivity index (χ4v) is 3.36. The van der Waals surface area contributed by atoms with Crippen molar-refractivity contribution in [3.63, 3.8) is 0 Å². The van der Waals surface area contributed by atoms with Gasteiger partial charge in [0.15, 0.2) is 0 Å². The smallest absolute Gasteiger partial charge is 0.0386 e. The van der Waals surface area contributed by atoms with Crippen LogP contribution in [0, 0.1) is 0 Å². The van der Waals surface area contributed by atoms with Gasteiger partial charge in [-0.15, -0.1) is 0 Å². The van der Waals surface area contributed by atoms with E-state index in [1.165, 1.54) is 18.5 Å². The second kappa shape index (κ2) is 3.76. The fourth-order valence-electron chi connectivity index (χ4n) is 2.97. The standard InChI is InChI=1S/C14H20BrN/c1-13(2)8-9-14(3,4)16(13)12-7-5-6-11(15)10-12/h5-7,10H,8-9H2,1-4H3. The molecular formula is C14H20BrN. The molecule has 1 aromatic carbocycles. The lowest BCUT2D eigenvalue weighted by atomic mass is 10.0. The van der Waals surface area contributed by atoms with E-state index in [2.05, 4.69) is 72.8 Å². The van der Waals surface area contributed by atoms with Gasteiger partial charge in [0.25, 0.3) is 0 Å². The van der Waals surface area contributed by atoms with Crippen LogP contribution in [0.4, 0.5) is 5.69 Å². The van der Waals surface area contributed by atoms with Crippen LogP contribution in [0.1, 0.15) is 40.5 Å². The van der Waals surface area contributed by atoms with Crippen LogP contribution in [-0.2, 0) is 0 Å². The first-order valence-corrected chi connectivity index (χ1v) is 6.68. The third kappa shape index (κ3) is 2.00. The highest BCUT2D eigenvalue weighted by molar-refractivity contribution is 9.10. The van der Waals surface area contributed by atoms with Crippen molar-refractivity contribution in [1.29, 1.82) is 0 Å². The lowest BCUT2D eigenvalue weighted by Crippen LogP contribution is -2.48. The maximum atomic E-state index is 3.56. The van der Waals surface area contributed by atoms with Gasteiger partial charge in [-0.3, -0.25) is 0 Å². The maximum Gasteiger partial charge on any atom is 0.0386 e. The summed E-state index contributed by atoms with van der Waals surface area (Å²) in [7, 11) is 0.